The van der Waals surface area contributed by atoms with Gasteiger partial charge in [-0.1, -0.05) is 23.5 Å². The van der Waals surface area contributed by atoms with E-state index >= 15 is 0 Å². The quantitative estimate of drug-likeness (QED) is 0.849. The largest absolute Gasteiger partial charge is 0.492 e. The molecule has 1 aromatic heterocycles. The summed E-state index contributed by atoms with van der Waals surface area (Å²) in [6.07, 6.45) is 0. The fourth-order valence-electron chi connectivity index (χ4n) is 2.85. The monoisotopic (exact) mass is 361 g/mol. The molecule has 1 fully saturated rings. The number of ether oxygens (including phenoxy) is 1. The van der Waals surface area contributed by atoms with Crippen LogP contribution in [0.3, 0.4) is 0 Å². The highest BCUT2D eigenvalue weighted by molar-refractivity contribution is 7.15. The van der Waals surface area contributed by atoms with E-state index in [-0.39, 0.29) is 5.91 Å². The first kappa shape index (κ1) is 17.6. The van der Waals surface area contributed by atoms with Crippen LogP contribution < -0.4 is 15.0 Å². The van der Waals surface area contributed by atoms with Crippen LogP contribution in [0, 0.1) is 6.92 Å². The van der Waals surface area contributed by atoms with Crippen molar-refractivity contribution in [2.24, 2.45) is 0 Å². The van der Waals surface area contributed by atoms with Gasteiger partial charge in [-0.25, -0.2) is 0 Å². The van der Waals surface area contributed by atoms with E-state index in [9.17, 15) is 4.79 Å². The third-order valence-corrected chi connectivity index (χ3v) is 4.77. The Morgan fingerprint density at radius 2 is 2.00 bits per heavy atom. The lowest BCUT2D eigenvalue weighted by atomic mass is 10.2. The lowest BCUT2D eigenvalue weighted by Crippen LogP contribution is -2.48. The Morgan fingerprint density at radius 3 is 2.68 bits per heavy atom. The maximum absolute atomic E-state index is 12.1. The molecule has 134 valence electrons. The van der Waals surface area contributed by atoms with Gasteiger partial charge in [0, 0.05) is 26.2 Å². The first-order chi connectivity index (χ1) is 12.2. The first-order valence-electron chi connectivity index (χ1n) is 8.45. The maximum Gasteiger partial charge on any atom is 0.240 e. The van der Waals surface area contributed by atoms with Crippen LogP contribution in [0.4, 0.5) is 10.8 Å². The van der Waals surface area contributed by atoms with E-state index < -0.39 is 0 Å². The highest BCUT2D eigenvalue weighted by Crippen LogP contribution is 2.28. The van der Waals surface area contributed by atoms with Crippen molar-refractivity contribution in [1.29, 1.82) is 0 Å². The number of hydrogen-bond acceptors (Lipinski definition) is 7. The van der Waals surface area contributed by atoms with Gasteiger partial charge in [-0.3, -0.25) is 15.0 Å². The molecule has 1 aromatic carbocycles. The number of nitrogens with zero attached hydrogens (tertiary/aromatic N) is 4. The number of aryl methyl sites for hydroxylation is 1. The number of amides is 1. The van der Waals surface area contributed by atoms with Crippen LogP contribution in [0.15, 0.2) is 24.3 Å². The Hall–Kier alpha value is -2.19. The minimum Gasteiger partial charge on any atom is -0.492 e. The number of piperazine rings is 1. The van der Waals surface area contributed by atoms with E-state index in [2.05, 4.69) is 31.4 Å². The zero-order valence-electron chi connectivity index (χ0n) is 14.6. The minimum atomic E-state index is -0.0423. The average molecular weight is 361 g/mol. The van der Waals surface area contributed by atoms with Gasteiger partial charge in [0.15, 0.2) is 0 Å². The van der Waals surface area contributed by atoms with Gasteiger partial charge in [-0.05, 0) is 26.0 Å². The molecule has 1 saturated heterocycles. The standard InChI is InChI=1S/C17H23N5O2S/c1-3-24-15-7-5-4-6-14(15)22-10-8-21(9-11-22)12-16(23)18-17-20-19-13(2)25-17/h4-7H,3,8-12H2,1-2H3,(H,18,20,23). The summed E-state index contributed by atoms with van der Waals surface area (Å²) < 4.78 is 5.72. The highest BCUT2D eigenvalue weighted by atomic mass is 32.1. The lowest BCUT2D eigenvalue weighted by Gasteiger charge is -2.36. The van der Waals surface area contributed by atoms with Crippen molar-refractivity contribution >= 4 is 28.1 Å². The molecule has 1 aliphatic rings. The van der Waals surface area contributed by atoms with Crippen LogP contribution in [0.2, 0.25) is 0 Å². The number of carbonyl (C=O) groups is 1. The normalized spacial score (nSPS) is 15.2. The van der Waals surface area contributed by atoms with Gasteiger partial charge in [0.25, 0.3) is 0 Å². The molecule has 0 unspecified atom stereocenters. The third-order valence-electron chi connectivity index (χ3n) is 4.02. The first-order valence-corrected chi connectivity index (χ1v) is 9.26. The van der Waals surface area contributed by atoms with Gasteiger partial charge in [0.05, 0.1) is 18.8 Å². The molecule has 3 rings (SSSR count). The van der Waals surface area contributed by atoms with Crippen LogP contribution in [0.5, 0.6) is 5.75 Å². The fraction of sp³-hybridized carbons (Fsp3) is 0.471. The molecule has 1 amide bonds. The molecule has 1 aliphatic heterocycles. The third kappa shape index (κ3) is 4.67. The van der Waals surface area contributed by atoms with Gasteiger partial charge >= 0.3 is 0 Å². The Labute approximate surface area is 151 Å². The molecule has 0 saturated carbocycles. The Kier molecular flexibility index (Phi) is 5.83. The van der Waals surface area contributed by atoms with Gasteiger partial charge in [-0.2, -0.15) is 0 Å². The predicted octanol–water partition coefficient (Wildman–Crippen LogP) is 2.01. The summed E-state index contributed by atoms with van der Waals surface area (Å²) in [4.78, 5) is 16.6. The number of benzene rings is 1. The summed E-state index contributed by atoms with van der Waals surface area (Å²) in [6.45, 7) is 8.30. The van der Waals surface area contributed by atoms with Crippen LogP contribution in [0.1, 0.15) is 11.9 Å². The molecule has 2 heterocycles. The summed E-state index contributed by atoms with van der Waals surface area (Å²) in [5, 5.41) is 12.0. The number of anilines is 2. The van der Waals surface area contributed by atoms with Crippen LogP contribution >= 0.6 is 11.3 Å². The SMILES string of the molecule is CCOc1ccccc1N1CCN(CC(=O)Nc2nnc(C)s2)CC1. The van der Waals surface area contributed by atoms with Crippen molar-refractivity contribution in [1.82, 2.24) is 15.1 Å². The van der Waals surface area contributed by atoms with Crippen molar-refractivity contribution < 1.29 is 9.53 Å². The zero-order chi connectivity index (χ0) is 17.6. The number of para-hydroxylation sites is 2. The van der Waals surface area contributed by atoms with Gasteiger partial charge < -0.3 is 9.64 Å². The fourth-order valence-corrected chi connectivity index (χ4v) is 3.46. The molecule has 0 atom stereocenters. The van der Waals surface area contributed by atoms with Crippen LogP contribution in [-0.2, 0) is 4.79 Å². The molecular weight excluding hydrogens is 338 g/mol. The molecule has 8 heteroatoms. The zero-order valence-corrected chi connectivity index (χ0v) is 15.4. The van der Waals surface area contributed by atoms with Gasteiger partial charge in [0.1, 0.15) is 10.8 Å². The van der Waals surface area contributed by atoms with E-state index in [0.29, 0.717) is 18.3 Å². The summed E-state index contributed by atoms with van der Waals surface area (Å²) in [5.74, 6) is 0.877. The molecule has 1 N–H and O–H groups in total. The Morgan fingerprint density at radius 1 is 1.24 bits per heavy atom. The average Bonchev–Trinajstić information content (AvgIpc) is 3.01. The number of nitrogens with one attached hydrogen (secondary N) is 1. The second-order valence-corrected chi connectivity index (χ2v) is 7.02. The predicted molar refractivity (Wildman–Crippen MR) is 99.5 cm³/mol. The van der Waals surface area contributed by atoms with Gasteiger partial charge in [-0.15, -0.1) is 10.2 Å². The van der Waals surface area contributed by atoms with Crippen molar-refractivity contribution in [3.63, 3.8) is 0 Å². The smallest absolute Gasteiger partial charge is 0.240 e. The molecule has 25 heavy (non-hydrogen) atoms. The maximum atomic E-state index is 12.1. The number of rotatable bonds is 6. The molecule has 2 aromatic rings. The number of aromatic nitrogens is 2. The van der Waals surface area contributed by atoms with Gasteiger partial charge in [0.2, 0.25) is 11.0 Å². The molecule has 0 bridgehead atoms. The summed E-state index contributed by atoms with van der Waals surface area (Å²) >= 11 is 1.39. The summed E-state index contributed by atoms with van der Waals surface area (Å²) in [6, 6.07) is 8.11. The van der Waals surface area contributed by atoms with E-state index in [4.69, 9.17) is 4.74 Å². The molecule has 0 aliphatic carbocycles. The Bertz CT molecular complexity index is 713. The van der Waals surface area contributed by atoms with Crippen LogP contribution in [-0.4, -0.2) is 60.3 Å². The van der Waals surface area contributed by atoms with Crippen molar-refractivity contribution in [2.45, 2.75) is 13.8 Å². The second kappa shape index (κ2) is 8.26. The van der Waals surface area contributed by atoms with E-state index in [1.807, 2.05) is 32.0 Å². The highest BCUT2D eigenvalue weighted by Gasteiger charge is 2.21. The van der Waals surface area contributed by atoms with Crippen molar-refractivity contribution in [2.75, 3.05) is 49.5 Å². The van der Waals surface area contributed by atoms with Crippen molar-refractivity contribution in [3.05, 3.63) is 29.3 Å². The van der Waals surface area contributed by atoms with E-state index in [1.54, 1.807) is 0 Å². The summed E-state index contributed by atoms with van der Waals surface area (Å²) in [5.41, 5.74) is 1.12. The lowest BCUT2D eigenvalue weighted by molar-refractivity contribution is -0.117. The molecule has 0 radical (unpaired) electrons. The van der Waals surface area contributed by atoms with E-state index in [1.165, 1.54) is 11.3 Å². The van der Waals surface area contributed by atoms with E-state index in [0.717, 1.165) is 42.6 Å². The van der Waals surface area contributed by atoms with Crippen LogP contribution in [0.25, 0.3) is 0 Å². The molecular formula is C17H23N5O2S. The minimum absolute atomic E-state index is 0.0423. The topological polar surface area (TPSA) is 70.6 Å². The molecule has 0 spiro atoms. The molecule has 7 nitrogen and oxygen atoms in total. The second-order valence-electron chi connectivity index (χ2n) is 5.84. The number of carbonyl (C=O) groups excluding carboxylic acids is 1. The number of hydrogen-bond donors (Lipinski definition) is 1. The van der Waals surface area contributed by atoms with Crippen molar-refractivity contribution in [3.8, 4) is 5.75 Å². The Balaban J connectivity index is 1.51. The summed E-state index contributed by atoms with van der Waals surface area (Å²) in [7, 11) is 0.